The maximum absolute atomic E-state index is 12.9. The van der Waals surface area contributed by atoms with Crippen molar-refractivity contribution < 1.29 is 28.7 Å². The zero-order valence-electron chi connectivity index (χ0n) is 20.5. The van der Waals surface area contributed by atoms with E-state index in [2.05, 4.69) is 6.92 Å². The van der Waals surface area contributed by atoms with E-state index in [0.717, 1.165) is 25.0 Å². The van der Waals surface area contributed by atoms with Gasteiger partial charge in [-0.05, 0) is 80.6 Å². The summed E-state index contributed by atoms with van der Waals surface area (Å²) in [5.74, 6) is -0.495. The third-order valence-corrected chi connectivity index (χ3v) is 7.42. The molecule has 0 N–H and O–H groups in total. The predicted octanol–water partition coefficient (Wildman–Crippen LogP) is 3.97. The van der Waals surface area contributed by atoms with Gasteiger partial charge in [0.25, 0.3) is 0 Å². The van der Waals surface area contributed by atoms with Crippen LogP contribution in [0.2, 0.25) is 0 Å². The molecule has 0 spiro atoms. The van der Waals surface area contributed by atoms with Gasteiger partial charge in [0.2, 0.25) is 17.7 Å². The van der Waals surface area contributed by atoms with E-state index in [1.165, 1.54) is 4.90 Å². The first-order chi connectivity index (χ1) is 17.4. The number of carbonyl (C=O) groups is 4. The highest BCUT2D eigenvalue weighted by atomic mass is 16.5. The smallest absolute Gasteiger partial charge is 0.316 e. The lowest BCUT2D eigenvalue weighted by molar-refractivity contribution is -0.139. The van der Waals surface area contributed by atoms with Crippen molar-refractivity contribution in [1.29, 1.82) is 0 Å². The Morgan fingerprint density at radius 2 is 1.53 bits per heavy atom. The van der Waals surface area contributed by atoms with Gasteiger partial charge in [-0.15, -0.1) is 0 Å². The molecule has 0 radical (unpaired) electrons. The first-order valence-electron chi connectivity index (χ1n) is 12.6. The summed E-state index contributed by atoms with van der Waals surface area (Å²) in [4.78, 5) is 54.0. The Morgan fingerprint density at radius 1 is 0.889 bits per heavy atom. The molecule has 2 heterocycles. The molecular formula is C28H30N2O6. The number of imide groups is 1. The molecule has 3 amide bonds. The standard InChI is InChI=1S/C28H30N2O6/c1-3-35-21-9-5-19(6-10-21)29-16-18(15-25(29)31)28(34)36-22-11-7-20(8-12-22)30-26(32)23-13-4-17(2)14-24(23)27(30)33/h5-12,17-18,23-24H,3-4,13-16H2,1-2H3/t17-,18+,23+,24+/m0/s1. The summed E-state index contributed by atoms with van der Waals surface area (Å²) >= 11 is 0. The molecule has 2 aromatic rings. The number of carbonyl (C=O) groups excluding carboxylic acids is 4. The van der Waals surface area contributed by atoms with Crippen LogP contribution in [-0.2, 0) is 19.2 Å². The highest BCUT2D eigenvalue weighted by Crippen LogP contribution is 2.42. The second-order valence-corrected chi connectivity index (χ2v) is 9.89. The number of anilines is 2. The molecule has 0 bridgehead atoms. The maximum Gasteiger partial charge on any atom is 0.316 e. The van der Waals surface area contributed by atoms with Crippen molar-refractivity contribution in [2.45, 2.75) is 39.5 Å². The average molecular weight is 491 g/mol. The number of amides is 3. The van der Waals surface area contributed by atoms with E-state index < -0.39 is 11.9 Å². The molecular weight excluding hydrogens is 460 g/mol. The molecule has 188 valence electrons. The first kappa shape index (κ1) is 24.0. The molecule has 1 saturated carbocycles. The van der Waals surface area contributed by atoms with Gasteiger partial charge in [0, 0.05) is 18.7 Å². The SMILES string of the molecule is CCOc1ccc(N2C[C@H](C(=O)Oc3ccc(N4C(=O)[C@@H]5CC[C@H](C)C[C@H]5C4=O)cc3)CC2=O)cc1. The number of fused-ring (bicyclic) bond motifs is 1. The van der Waals surface area contributed by atoms with E-state index in [1.807, 2.05) is 6.92 Å². The molecule has 2 aliphatic heterocycles. The maximum atomic E-state index is 12.9. The Balaban J connectivity index is 1.21. The molecule has 0 unspecified atom stereocenters. The Kier molecular flexibility index (Phi) is 6.51. The van der Waals surface area contributed by atoms with Gasteiger partial charge in [-0.1, -0.05) is 6.92 Å². The molecule has 8 nitrogen and oxygen atoms in total. The number of nitrogens with zero attached hydrogens (tertiary/aromatic N) is 2. The van der Waals surface area contributed by atoms with Crippen LogP contribution >= 0.6 is 0 Å². The number of rotatable bonds is 6. The molecule has 5 rings (SSSR count). The summed E-state index contributed by atoms with van der Waals surface area (Å²) in [6, 6.07) is 13.6. The fourth-order valence-electron chi connectivity index (χ4n) is 5.51. The van der Waals surface area contributed by atoms with Crippen LogP contribution < -0.4 is 19.3 Å². The number of hydrogen-bond acceptors (Lipinski definition) is 6. The number of hydrogen-bond donors (Lipinski definition) is 0. The lowest BCUT2D eigenvalue weighted by atomic mass is 9.76. The highest BCUT2D eigenvalue weighted by molar-refractivity contribution is 6.22. The quantitative estimate of drug-likeness (QED) is 0.346. The van der Waals surface area contributed by atoms with Gasteiger partial charge in [0.05, 0.1) is 30.0 Å². The zero-order chi connectivity index (χ0) is 25.4. The van der Waals surface area contributed by atoms with E-state index in [1.54, 1.807) is 53.4 Å². The Labute approximate surface area is 210 Å². The van der Waals surface area contributed by atoms with Crippen LogP contribution in [0.15, 0.2) is 48.5 Å². The molecule has 0 aromatic heterocycles. The van der Waals surface area contributed by atoms with Crippen molar-refractivity contribution in [3.05, 3.63) is 48.5 Å². The highest BCUT2D eigenvalue weighted by Gasteiger charge is 2.50. The van der Waals surface area contributed by atoms with Gasteiger partial charge in [-0.25, -0.2) is 0 Å². The zero-order valence-corrected chi connectivity index (χ0v) is 20.5. The molecule has 36 heavy (non-hydrogen) atoms. The second-order valence-electron chi connectivity index (χ2n) is 9.89. The molecule has 8 heteroatoms. The van der Waals surface area contributed by atoms with Crippen molar-refractivity contribution in [2.75, 3.05) is 23.0 Å². The minimum Gasteiger partial charge on any atom is -0.494 e. The Morgan fingerprint density at radius 3 is 2.22 bits per heavy atom. The van der Waals surface area contributed by atoms with Crippen LogP contribution in [0.4, 0.5) is 11.4 Å². The number of benzene rings is 2. The van der Waals surface area contributed by atoms with Crippen LogP contribution in [-0.4, -0.2) is 36.8 Å². The Hall–Kier alpha value is -3.68. The van der Waals surface area contributed by atoms with Crippen LogP contribution in [0.3, 0.4) is 0 Å². The van der Waals surface area contributed by atoms with Crippen molar-refractivity contribution in [1.82, 2.24) is 0 Å². The molecule has 2 aromatic carbocycles. The molecule has 2 saturated heterocycles. The van der Waals surface area contributed by atoms with Crippen molar-refractivity contribution in [3.63, 3.8) is 0 Å². The summed E-state index contributed by atoms with van der Waals surface area (Å²) in [7, 11) is 0. The summed E-state index contributed by atoms with van der Waals surface area (Å²) in [5.41, 5.74) is 1.20. The van der Waals surface area contributed by atoms with Gasteiger partial charge in [-0.2, -0.15) is 0 Å². The van der Waals surface area contributed by atoms with Crippen LogP contribution in [0.5, 0.6) is 11.5 Å². The predicted molar refractivity (Wildman–Crippen MR) is 133 cm³/mol. The largest absolute Gasteiger partial charge is 0.494 e. The fourth-order valence-corrected chi connectivity index (χ4v) is 5.51. The number of ether oxygens (including phenoxy) is 2. The molecule has 4 atom stereocenters. The van der Waals surface area contributed by atoms with Gasteiger partial charge >= 0.3 is 5.97 Å². The van der Waals surface area contributed by atoms with Crippen molar-refractivity contribution in [3.8, 4) is 11.5 Å². The third kappa shape index (κ3) is 4.47. The van der Waals surface area contributed by atoms with Crippen molar-refractivity contribution in [2.24, 2.45) is 23.7 Å². The lowest BCUT2D eigenvalue weighted by Gasteiger charge is -2.25. The molecule has 1 aliphatic carbocycles. The molecule has 3 aliphatic rings. The van der Waals surface area contributed by atoms with Crippen LogP contribution in [0.25, 0.3) is 0 Å². The summed E-state index contributed by atoms with van der Waals surface area (Å²) in [6.07, 6.45) is 2.52. The van der Waals surface area contributed by atoms with Gasteiger partial charge in [0.15, 0.2) is 0 Å². The van der Waals surface area contributed by atoms with E-state index in [9.17, 15) is 19.2 Å². The molecule has 3 fully saturated rings. The minimum atomic E-state index is -0.587. The van der Waals surface area contributed by atoms with E-state index >= 15 is 0 Å². The monoisotopic (exact) mass is 490 g/mol. The number of esters is 1. The second kappa shape index (κ2) is 9.76. The Bertz CT molecular complexity index is 1180. The van der Waals surface area contributed by atoms with Crippen LogP contribution in [0.1, 0.15) is 39.5 Å². The van der Waals surface area contributed by atoms with Gasteiger partial charge in [0.1, 0.15) is 11.5 Å². The fraction of sp³-hybridized carbons (Fsp3) is 0.429. The first-order valence-corrected chi connectivity index (χ1v) is 12.6. The summed E-state index contributed by atoms with van der Waals surface area (Å²) < 4.78 is 11.0. The average Bonchev–Trinajstić information content (AvgIpc) is 3.37. The van der Waals surface area contributed by atoms with Gasteiger partial charge in [-0.3, -0.25) is 24.1 Å². The topological polar surface area (TPSA) is 93.2 Å². The normalized spacial score (nSPS) is 25.8. The third-order valence-electron chi connectivity index (χ3n) is 7.42. The summed E-state index contributed by atoms with van der Waals surface area (Å²) in [6.45, 7) is 4.82. The van der Waals surface area contributed by atoms with E-state index in [0.29, 0.717) is 29.6 Å². The van der Waals surface area contributed by atoms with Gasteiger partial charge < -0.3 is 14.4 Å². The van der Waals surface area contributed by atoms with E-state index in [-0.39, 0.29) is 42.5 Å². The van der Waals surface area contributed by atoms with Crippen LogP contribution in [0, 0.1) is 23.7 Å². The van der Waals surface area contributed by atoms with E-state index in [4.69, 9.17) is 9.47 Å². The lowest BCUT2D eigenvalue weighted by Crippen LogP contribution is -2.30. The minimum absolute atomic E-state index is 0.0715. The van der Waals surface area contributed by atoms with Crippen molar-refractivity contribution >= 4 is 35.1 Å². The summed E-state index contributed by atoms with van der Waals surface area (Å²) in [5, 5.41) is 0.